The second kappa shape index (κ2) is 7.35. The molecule has 2 nitrogen and oxygen atoms in total. The Balaban J connectivity index is 1.85. The lowest BCUT2D eigenvalue weighted by atomic mass is 9.97. The maximum atomic E-state index is 9.78. The van der Waals surface area contributed by atoms with Crippen LogP contribution in [-0.2, 0) is 0 Å². The first-order valence-electron chi connectivity index (χ1n) is 9.05. The van der Waals surface area contributed by atoms with Gasteiger partial charge in [-0.2, -0.15) is 5.26 Å². The van der Waals surface area contributed by atoms with Gasteiger partial charge in [0, 0.05) is 5.39 Å². The molecule has 0 fully saturated rings. The van der Waals surface area contributed by atoms with Gasteiger partial charge in [0.2, 0.25) is 0 Å². The zero-order chi connectivity index (χ0) is 18.6. The molecule has 0 saturated heterocycles. The van der Waals surface area contributed by atoms with Crippen LogP contribution in [0.2, 0.25) is 0 Å². The molecule has 0 radical (unpaired) electrons. The molecule has 0 N–H and O–H groups in total. The smallest absolute Gasteiger partial charge is 0.127 e. The van der Waals surface area contributed by atoms with E-state index in [2.05, 4.69) is 42.5 Å². The van der Waals surface area contributed by atoms with Crippen molar-refractivity contribution in [1.29, 1.82) is 5.26 Å². The fraction of sp³-hybridized carbons (Fsp3) is 0.0800. The predicted octanol–water partition coefficient (Wildman–Crippen LogP) is 6.46. The number of nitrogens with zero attached hydrogens (tertiary/aromatic N) is 1. The Labute approximate surface area is 158 Å². The number of allylic oxidation sites excluding steroid dienone is 1. The highest BCUT2D eigenvalue weighted by molar-refractivity contribution is 6.01. The normalized spacial score (nSPS) is 11.5. The number of hydrogen-bond donors (Lipinski definition) is 0. The third kappa shape index (κ3) is 3.28. The quantitative estimate of drug-likeness (QED) is 0.313. The SMILES string of the molecule is CCOc1ccc(/C=C(/C#N)c2ccc3ccccc3c2)c2ccccc12. The van der Waals surface area contributed by atoms with Gasteiger partial charge in [-0.15, -0.1) is 0 Å². The number of fused-ring (bicyclic) bond motifs is 2. The highest BCUT2D eigenvalue weighted by atomic mass is 16.5. The Hall–Kier alpha value is -3.57. The van der Waals surface area contributed by atoms with Crippen LogP contribution in [0.4, 0.5) is 0 Å². The van der Waals surface area contributed by atoms with Crippen molar-refractivity contribution in [3.05, 3.63) is 90.0 Å². The third-order valence-electron chi connectivity index (χ3n) is 4.70. The van der Waals surface area contributed by atoms with Gasteiger partial charge in [-0.3, -0.25) is 0 Å². The van der Waals surface area contributed by atoms with Crippen LogP contribution in [0.1, 0.15) is 18.1 Å². The molecule has 4 aromatic rings. The first-order chi connectivity index (χ1) is 13.3. The van der Waals surface area contributed by atoms with Gasteiger partial charge in [-0.05, 0) is 52.4 Å². The molecule has 0 aliphatic rings. The van der Waals surface area contributed by atoms with Gasteiger partial charge in [0.15, 0.2) is 0 Å². The molecule has 4 aromatic carbocycles. The van der Waals surface area contributed by atoms with E-state index in [1.165, 1.54) is 5.39 Å². The van der Waals surface area contributed by atoms with Gasteiger partial charge in [0.05, 0.1) is 18.2 Å². The zero-order valence-corrected chi connectivity index (χ0v) is 15.1. The maximum absolute atomic E-state index is 9.78. The number of ether oxygens (including phenoxy) is 1. The second-order valence-corrected chi connectivity index (χ2v) is 6.36. The number of rotatable bonds is 4. The minimum absolute atomic E-state index is 0.625. The second-order valence-electron chi connectivity index (χ2n) is 6.36. The molecular weight excluding hydrogens is 330 g/mol. The van der Waals surface area contributed by atoms with Crippen LogP contribution < -0.4 is 4.74 Å². The molecule has 0 aliphatic carbocycles. The first-order valence-corrected chi connectivity index (χ1v) is 9.05. The molecule has 0 atom stereocenters. The summed E-state index contributed by atoms with van der Waals surface area (Å²) in [7, 11) is 0. The average molecular weight is 349 g/mol. The van der Waals surface area contributed by atoms with Gasteiger partial charge in [0.25, 0.3) is 0 Å². The summed E-state index contributed by atoms with van der Waals surface area (Å²) in [5.74, 6) is 0.870. The van der Waals surface area contributed by atoms with E-state index in [1.807, 2.05) is 55.5 Å². The van der Waals surface area contributed by atoms with Crippen LogP contribution in [0.25, 0.3) is 33.2 Å². The standard InChI is InChI=1S/C25H19NO/c1-2-27-25-14-13-21(23-9-5-6-10-24(23)25)16-22(17-26)20-12-11-18-7-3-4-8-19(18)15-20/h3-16H,2H2,1H3/b22-16-. The van der Waals surface area contributed by atoms with E-state index in [0.29, 0.717) is 12.2 Å². The Morgan fingerprint density at radius 2 is 1.63 bits per heavy atom. The van der Waals surface area contributed by atoms with E-state index in [9.17, 15) is 5.26 Å². The summed E-state index contributed by atoms with van der Waals surface area (Å²) in [4.78, 5) is 0. The summed E-state index contributed by atoms with van der Waals surface area (Å²) in [6.45, 7) is 2.61. The number of benzene rings is 4. The zero-order valence-electron chi connectivity index (χ0n) is 15.1. The van der Waals surface area contributed by atoms with Crippen molar-refractivity contribution >= 4 is 33.2 Å². The van der Waals surface area contributed by atoms with Crippen LogP contribution in [0.15, 0.2) is 78.9 Å². The summed E-state index contributed by atoms with van der Waals surface area (Å²) in [6.07, 6.45) is 1.96. The highest BCUT2D eigenvalue weighted by Crippen LogP contribution is 2.31. The molecule has 2 heteroatoms. The first kappa shape index (κ1) is 16.9. The van der Waals surface area contributed by atoms with Gasteiger partial charge < -0.3 is 4.74 Å². The van der Waals surface area contributed by atoms with Crippen molar-refractivity contribution in [2.45, 2.75) is 6.92 Å². The summed E-state index contributed by atoms with van der Waals surface area (Å²) in [5, 5.41) is 14.2. The van der Waals surface area contributed by atoms with Crippen molar-refractivity contribution in [2.75, 3.05) is 6.61 Å². The fourth-order valence-corrected chi connectivity index (χ4v) is 3.39. The van der Waals surface area contributed by atoms with Crippen molar-refractivity contribution in [3.8, 4) is 11.8 Å². The number of hydrogen-bond acceptors (Lipinski definition) is 2. The Morgan fingerprint density at radius 3 is 2.41 bits per heavy atom. The highest BCUT2D eigenvalue weighted by Gasteiger charge is 2.08. The lowest BCUT2D eigenvalue weighted by molar-refractivity contribution is 0.344. The number of nitriles is 1. The summed E-state index contributed by atoms with van der Waals surface area (Å²) >= 11 is 0. The maximum Gasteiger partial charge on any atom is 0.127 e. The van der Waals surface area contributed by atoms with Crippen molar-refractivity contribution in [3.63, 3.8) is 0 Å². The van der Waals surface area contributed by atoms with Gasteiger partial charge in [-0.1, -0.05) is 66.7 Å². The fourth-order valence-electron chi connectivity index (χ4n) is 3.39. The van der Waals surface area contributed by atoms with E-state index < -0.39 is 0 Å². The molecule has 0 aromatic heterocycles. The van der Waals surface area contributed by atoms with Gasteiger partial charge in [-0.25, -0.2) is 0 Å². The monoisotopic (exact) mass is 349 g/mol. The molecule has 0 heterocycles. The molecule has 130 valence electrons. The van der Waals surface area contributed by atoms with Crippen molar-refractivity contribution < 1.29 is 4.74 Å². The molecular formula is C25H19NO. The summed E-state index contributed by atoms with van der Waals surface area (Å²) in [5.41, 5.74) is 2.59. The van der Waals surface area contributed by atoms with E-state index in [1.54, 1.807) is 0 Å². The van der Waals surface area contributed by atoms with Crippen LogP contribution in [0.5, 0.6) is 5.75 Å². The molecule has 4 rings (SSSR count). The van der Waals surface area contributed by atoms with Crippen LogP contribution in [-0.4, -0.2) is 6.61 Å². The predicted molar refractivity (Wildman–Crippen MR) is 113 cm³/mol. The summed E-state index contributed by atoms with van der Waals surface area (Å²) in [6, 6.07) is 28.8. The Morgan fingerprint density at radius 1 is 0.889 bits per heavy atom. The van der Waals surface area contributed by atoms with Crippen molar-refractivity contribution in [1.82, 2.24) is 0 Å². The van der Waals surface area contributed by atoms with Crippen LogP contribution in [0, 0.1) is 11.3 Å². The topological polar surface area (TPSA) is 33.0 Å². The minimum Gasteiger partial charge on any atom is -0.493 e. The Bertz CT molecular complexity index is 1200. The van der Waals surface area contributed by atoms with Gasteiger partial charge in [0.1, 0.15) is 5.75 Å². The summed E-state index contributed by atoms with van der Waals surface area (Å²) < 4.78 is 5.75. The molecule has 27 heavy (non-hydrogen) atoms. The van der Waals surface area contributed by atoms with Crippen LogP contribution in [0.3, 0.4) is 0 Å². The lowest BCUT2D eigenvalue weighted by Gasteiger charge is -2.10. The van der Waals surface area contributed by atoms with E-state index in [0.717, 1.165) is 33.0 Å². The molecule has 0 amide bonds. The largest absolute Gasteiger partial charge is 0.493 e. The van der Waals surface area contributed by atoms with E-state index in [-0.39, 0.29) is 0 Å². The van der Waals surface area contributed by atoms with Gasteiger partial charge >= 0.3 is 0 Å². The third-order valence-corrected chi connectivity index (χ3v) is 4.70. The molecule has 0 spiro atoms. The van der Waals surface area contributed by atoms with Crippen LogP contribution >= 0.6 is 0 Å². The minimum atomic E-state index is 0.625. The van der Waals surface area contributed by atoms with Crippen molar-refractivity contribution in [2.24, 2.45) is 0 Å². The molecule has 0 aliphatic heterocycles. The molecule has 0 bridgehead atoms. The van der Waals surface area contributed by atoms with E-state index in [4.69, 9.17) is 4.74 Å². The molecule has 0 saturated carbocycles. The lowest BCUT2D eigenvalue weighted by Crippen LogP contribution is -1.93. The molecule has 0 unspecified atom stereocenters. The van der Waals surface area contributed by atoms with E-state index >= 15 is 0 Å². The Kier molecular flexibility index (Phi) is 4.60. The average Bonchev–Trinajstić information content (AvgIpc) is 2.73.